The van der Waals surface area contributed by atoms with Gasteiger partial charge in [0.05, 0.1) is 24.1 Å². The van der Waals surface area contributed by atoms with Crippen LogP contribution in [-0.2, 0) is 21.6 Å². The number of carbonyl (C=O) groups is 2. The number of aliphatic imine (C=N–C) groups is 1. The van der Waals surface area contributed by atoms with Gasteiger partial charge < -0.3 is 19.5 Å². The maximum atomic E-state index is 14.9. The minimum atomic E-state index is -4.56. The molecule has 0 saturated carbocycles. The van der Waals surface area contributed by atoms with Crippen molar-refractivity contribution in [1.82, 2.24) is 13.8 Å². The third-order valence-corrected chi connectivity index (χ3v) is 6.82. The Morgan fingerprint density at radius 2 is 1.83 bits per heavy atom. The number of benzene rings is 1. The van der Waals surface area contributed by atoms with Gasteiger partial charge in [0, 0.05) is 103 Å². The minimum absolute atomic E-state index is 0. The molecule has 2 radical (unpaired) electrons. The van der Waals surface area contributed by atoms with Crippen LogP contribution in [0.25, 0.3) is 10.9 Å². The Bertz CT molecular complexity index is 1380. The number of halogens is 1. The van der Waals surface area contributed by atoms with Gasteiger partial charge in [0.15, 0.2) is 6.04 Å². The molecule has 2 saturated heterocycles. The van der Waals surface area contributed by atoms with Crippen LogP contribution in [0.4, 0.5) is 10.1 Å². The Labute approximate surface area is 250 Å². The SMILES string of the molecule is CCn1cc(C(=O)O)c(=O)c2cc(F)c(N3CCN(C=N[C@H]4CN(S(=O)(=O)O)C4=O)CC3)cc21.[Na].[Na]. The molecule has 2 aromatic rings. The molecule has 2 aliphatic rings. The van der Waals surface area contributed by atoms with E-state index >= 15 is 0 Å². The molecule has 1 aromatic carbocycles. The van der Waals surface area contributed by atoms with Gasteiger partial charge in [-0.1, -0.05) is 0 Å². The summed E-state index contributed by atoms with van der Waals surface area (Å²) in [7, 11) is -4.56. The van der Waals surface area contributed by atoms with Crippen molar-refractivity contribution in [2.75, 3.05) is 37.6 Å². The third kappa shape index (κ3) is 5.96. The summed E-state index contributed by atoms with van der Waals surface area (Å²) in [6.45, 7) is 3.67. The predicted molar refractivity (Wildman–Crippen MR) is 132 cm³/mol. The standard InChI is InChI=1S/C20H22FN5O7S.2Na/c1-2-24-9-13(20(29)30)18(27)12-7-14(21)17(8-16(12)24)25-5-3-23(4-6-25)11-22-15-10-26(19(15)28)34(31,32)33;;/h7-9,11,15H,2-6,10H2,1H3,(H,29,30)(H,31,32,33);;/t15-;;/m0../s1. The Morgan fingerprint density at radius 1 is 1.19 bits per heavy atom. The molecular weight excluding hydrogens is 519 g/mol. The second kappa shape index (κ2) is 11.9. The maximum absolute atomic E-state index is 14.9. The quantitative estimate of drug-likeness (QED) is 0.158. The van der Waals surface area contributed by atoms with Crippen LogP contribution in [-0.4, -0.2) is 148 Å². The van der Waals surface area contributed by atoms with Crippen LogP contribution in [0.1, 0.15) is 17.3 Å². The molecule has 36 heavy (non-hydrogen) atoms. The van der Waals surface area contributed by atoms with E-state index in [1.807, 2.05) is 0 Å². The smallest absolute Gasteiger partial charge is 0.362 e. The average Bonchev–Trinajstić information content (AvgIpc) is 2.77. The molecule has 4 rings (SSSR count). The molecule has 0 unspecified atom stereocenters. The zero-order valence-corrected chi connectivity index (χ0v) is 24.9. The number of piperazine rings is 1. The fourth-order valence-corrected chi connectivity index (χ4v) is 4.69. The maximum Gasteiger partial charge on any atom is 0.362 e. The van der Waals surface area contributed by atoms with Gasteiger partial charge in [-0.05, 0) is 19.1 Å². The van der Waals surface area contributed by atoms with Crippen molar-refractivity contribution >= 4 is 104 Å². The number of aryl methyl sites for hydroxylation is 1. The van der Waals surface area contributed by atoms with Crippen molar-refractivity contribution in [3.05, 3.63) is 39.9 Å². The molecule has 3 heterocycles. The van der Waals surface area contributed by atoms with E-state index in [4.69, 9.17) is 4.55 Å². The summed E-state index contributed by atoms with van der Waals surface area (Å²) in [6.07, 6.45) is 2.70. The van der Waals surface area contributed by atoms with Crippen LogP contribution in [0, 0.1) is 5.82 Å². The molecule has 0 bridgehead atoms. The van der Waals surface area contributed by atoms with Crippen molar-refractivity contribution in [3.63, 3.8) is 0 Å². The third-order valence-electron chi connectivity index (χ3n) is 5.93. The van der Waals surface area contributed by atoms with E-state index in [9.17, 15) is 32.3 Å². The van der Waals surface area contributed by atoms with Gasteiger partial charge in [0.2, 0.25) is 5.43 Å². The molecule has 12 nitrogen and oxygen atoms in total. The number of carbonyl (C=O) groups excluding carboxylic acids is 1. The van der Waals surface area contributed by atoms with Gasteiger partial charge in [-0.2, -0.15) is 8.42 Å². The average molecular weight is 541 g/mol. The zero-order valence-electron chi connectivity index (χ0n) is 20.1. The van der Waals surface area contributed by atoms with Gasteiger partial charge in [0.25, 0.3) is 5.91 Å². The fourth-order valence-electron chi connectivity index (χ4n) is 4.01. The monoisotopic (exact) mass is 541 g/mol. The fraction of sp³-hybridized carbons (Fsp3) is 0.400. The number of carboxylic acid groups (broad SMARTS) is 1. The van der Waals surface area contributed by atoms with Crippen molar-refractivity contribution < 1.29 is 32.1 Å². The van der Waals surface area contributed by atoms with Crippen molar-refractivity contribution in [2.24, 2.45) is 4.99 Å². The number of β-lactam (4-membered cyclic amide) rings is 1. The van der Waals surface area contributed by atoms with Crippen LogP contribution in [0.2, 0.25) is 0 Å². The zero-order chi connectivity index (χ0) is 24.8. The number of nitrogens with zero attached hydrogens (tertiary/aromatic N) is 5. The molecule has 1 aromatic heterocycles. The first-order chi connectivity index (χ1) is 16.0. The van der Waals surface area contributed by atoms with Gasteiger partial charge in [-0.15, -0.1) is 0 Å². The van der Waals surface area contributed by atoms with Gasteiger partial charge in [-0.25, -0.2) is 13.5 Å². The Hall–Kier alpha value is -1.52. The first kappa shape index (κ1) is 30.7. The first-order valence-corrected chi connectivity index (χ1v) is 11.8. The molecule has 1 atom stereocenters. The summed E-state index contributed by atoms with van der Waals surface area (Å²) in [5, 5.41) is 9.27. The van der Waals surface area contributed by atoms with Gasteiger partial charge in [-0.3, -0.25) is 19.1 Å². The number of anilines is 1. The number of aromatic carboxylic acids is 1. The summed E-state index contributed by atoms with van der Waals surface area (Å²) < 4.78 is 47.7. The Morgan fingerprint density at radius 3 is 2.36 bits per heavy atom. The number of carboxylic acids is 1. The number of aromatic nitrogens is 1. The van der Waals surface area contributed by atoms with E-state index < -0.39 is 45.0 Å². The summed E-state index contributed by atoms with van der Waals surface area (Å²) in [5.74, 6) is -2.81. The summed E-state index contributed by atoms with van der Waals surface area (Å²) in [6, 6.07) is 1.74. The van der Waals surface area contributed by atoms with E-state index in [1.165, 1.54) is 12.5 Å². The molecule has 0 aliphatic carbocycles. The minimum Gasteiger partial charge on any atom is -0.477 e. The van der Waals surface area contributed by atoms with E-state index in [2.05, 4.69) is 4.99 Å². The van der Waals surface area contributed by atoms with Crippen LogP contribution in [0.3, 0.4) is 0 Å². The van der Waals surface area contributed by atoms with Crippen LogP contribution in [0.5, 0.6) is 0 Å². The Kier molecular flexibility index (Phi) is 10.1. The number of pyridine rings is 1. The number of hydrogen-bond acceptors (Lipinski definition) is 7. The van der Waals surface area contributed by atoms with Crippen molar-refractivity contribution in [1.29, 1.82) is 0 Å². The Balaban J connectivity index is 0.00000228. The summed E-state index contributed by atoms with van der Waals surface area (Å²) in [5.41, 5.74) is -0.438. The van der Waals surface area contributed by atoms with Crippen LogP contribution >= 0.6 is 0 Å². The molecule has 184 valence electrons. The van der Waals surface area contributed by atoms with Gasteiger partial charge in [0.1, 0.15) is 11.4 Å². The van der Waals surface area contributed by atoms with Crippen molar-refractivity contribution in [2.45, 2.75) is 19.5 Å². The number of fused-ring (bicyclic) bond motifs is 1. The molecule has 2 N–H and O–H groups in total. The summed E-state index contributed by atoms with van der Waals surface area (Å²) in [4.78, 5) is 43.3. The number of rotatable bonds is 6. The van der Waals surface area contributed by atoms with Gasteiger partial charge >= 0.3 is 16.3 Å². The first-order valence-electron chi connectivity index (χ1n) is 10.4. The number of amides is 1. The molecule has 2 aliphatic heterocycles. The molecule has 0 spiro atoms. The molecule has 16 heteroatoms. The predicted octanol–water partition coefficient (Wildman–Crippen LogP) is -0.739. The second-order valence-electron chi connectivity index (χ2n) is 7.93. The largest absolute Gasteiger partial charge is 0.477 e. The molecule has 2 fully saturated rings. The second-order valence-corrected chi connectivity index (χ2v) is 9.27. The van der Waals surface area contributed by atoms with Crippen LogP contribution < -0.4 is 10.3 Å². The molecular formula is C20H22FN5Na2O7S. The topological polar surface area (TPSA) is 153 Å². The number of hydrogen-bond donors (Lipinski definition) is 2. The normalized spacial score (nSPS) is 18.1. The molecule has 1 amide bonds. The van der Waals surface area contributed by atoms with Crippen molar-refractivity contribution in [3.8, 4) is 0 Å². The van der Waals surface area contributed by atoms with Crippen LogP contribution in [0.15, 0.2) is 28.1 Å². The van der Waals surface area contributed by atoms with E-state index in [0.29, 0.717) is 42.5 Å². The van der Waals surface area contributed by atoms with E-state index in [1.54, 1.807) is 27.4 Å². The summed E-state index contributed by atoms with van der Waals surface area (Å²) >= 11 is 0. The van der Waals surface area contributed by atoms with E-state index in [0.717, 1.165) is 6.07 Å². The van der Waals surface area contributed by atoms with E-state index in [-0.39, 0.29) is 76.7 Å².